The Labute approximate surface area is 121 Å². The molecule has 1 fully saturated rings. The minimum absolute atomic E-state index is 0.0990. The second-order valence-electron chi connectivity index (χ2n) is 5.07. The third kappa shape index (κ3) is 4.78. The first kappa shape index (κ1) is 15.4. The standard InChI is InChI=1S/C14H17F2N3O2/c1-8(9-2-5-11(15)12(16)6-9)17-7-13(20)19-14(21)18-10-3-4-10/h2,5-6,8,10,17H,3-4,7H2,1H3,(H2,18,19,20,21)/t8-/m0/s1. The molecule has 1 atom stereocenters. The van der Waals surface area contributed by atoms with E-state index < -0.39 is 23.6 Å². The van der Waals surface area contributed by atoms with Crippen LogP contribution in [0.3, 0.4) is 0 Å². The number of hydrogen-bond donors (Lipinski definition) is 3. The van der Waals surface area contributed by atoms with Crippen LogP contribution in [0.15, 0.2) is 18.2 Å². The zero-order valence-corrected chi connectivity index (χ0v) is 11.6. The summed E-state index contributed by atoms with van der Waals surface area (Å²) in [5.41, 5.74) is 0.518. The number of hydrogen-bond acceptors (Lipinski definition) is 3. The largest absolute Gasteiger partial charge is 0.335 e. The van der Waals surface area contributed by atoms with E-state index in [4.69, 9.17) is 0 Å². The maximum atomic E-state index is 13.1. The quantitative estimate of drug-likeness (QED) is 0.773. The highest BCUT2D eigenvalue weighted by Crippen LogP contribution is 2.18. The average Bonchev–Trinajstić information content (AvgIpc) is 3.22. The number of urea groups is 1. The summed E-state index contributed by atoms with van der Waals surface area (Å²) in [5.74, 6) is -2.34. The summed E-state index contributed by atoms with van der Waals surface area (Å²) in [7, 11) is 0. The van der Waals surface area contributed by atoms with Gasteiger partial charge in [-0.25, -0.2) is 13.6 Å². The van der Waals surface area contributed by atoms with Crippen LogP contribution in [0, 0.1) is 11.6 Å². The maximum absolute atomic E-state index is 13.1. The van der Waals surface area contributed by atoms with E-state index >= 15 is 0 Å². The molecule has 1 aromatic carbocycles. The van der Waals surface area contributed by atoms with Gasteiger partial charge in [0.1, 0.15) is 0 Å². The topological polar surface area (TPSA) is 70.2 Å². The maximum Gasteiger partial charge on any atom is 0.321 e. The van der Waals surface area contributed by atoms with Gasteiger partial charge >= 0.3 is 6.03 Å². The van der Waals surface area contributed by atoms with Crippen LogP contribution in [0.4, 0.5) is 13.6 Å². The van der Waals surface area contributed by atoms with E-state index in [-0.39, 0.29) is 18.6 Å². The Morgan fingerprint density at radius 1 is 1.29 bits per heavy atom. The smallest absolute Gasteiger partial charge is 0.321 e. The molecule has 7 heteroatoms. The van der Waals surface area contributed by atoms with E-state index in [0.717, 1.165) is 25.0 Å². The molecule has 5 nitrogen and oxygen atoms in total. The summed E-state index contributed by atoms with van der Waals surface area (Å²) >= 11 is 0. The first-order chi connectivity index (χ1) is 9.95. The number of amides is 3. The van der Waals surface area contributed by atoms with Gasteiger partial charge in [0, 0.05) is 12.1 Å². The van der Waals surface area contributed by atoms with Gasteiger partial charge in [0.05, 0.1) is 6.54 Å². The highest BCUT2D eigenvalue weighted by Gasteiger charge is 2.23. The van der Waals surface area contributed by atoms with Gasteiger partial charge in [-0.15, -0.1) is 0 Å². The number of nitrogens with one attached hydrogen (secondary N) is 3. The second-order valence-corrected chi connectivity index (χ2v) is 5.07. The molecule has 1 aliphatic rings. The van der Waals surface area contributed by atoms with Crippen molar-refractivity contribution in [1.82, 2.24) is 16.0 Å². The minimum Gasteiger partial charge on any atom is -0.335 e. The summed E-state index contributed by atoms with van der Waals surface area (Å²) in [4.78, 5) is 22.9. The Morgan fingerprint density at radius 2 is 2.00 bits per heavy atom. The Morgan fingerprint density at radius 3 is 2.62 bits per heavy atom. The van der Waals surface area contributed by atoms with Crippen molar-refractivity contribution in [2.45, 2.75) is 31.8 Å². The summed E-state index contributed by atoms with van der Waals surface area (Å²) in [6.45, 7) is 1.61. The van der Waals surface area contributed by atoms with E-state index in [1.165, 1.54) is 6.07 Å². The van der Waals surface area contributed by atoms with Gasteiger partial charge in [0.2, 0.25) is 5.91 Å². The van der Waals surface area contributed by atoms with Crippen molar-refractivity contribution in [1.29, 1.82) is 0 Å². The Balaban J connectivity index is 1.76. The molecule has 1 aliphatic carbocycles. The van der Waals surface area contributed by atoms with E-state index in [1.807, 2.05) is 0 Å². The SMILES string of the molecule is C[C@H](NCC(=O)NC(=O)NC1CC1)c1ccc(F)c(F)c1. The third-order valence-electron chi connectivity index (χ3n) is 3.18. The molecule has 0 bridgehead atoms. The number of benzene rings is 1. The molecule has 1 saturated carbocycles. The molecule has 0 saturated heterocycles. The van der Waals surface area contributed by atoms with Crippen LogP contribution in [0.5, 0.6) is 0 Å². The molecule has 0 heterocycles. The molecule has 0 aromatic heterocycles. The van der Waals surface area contributed by atoms with Crippen LogP contribution in [0.2, 0.25) is 0 Å². The number of halogens is 2. The summed E-state index contributed by atoms with van der Waals surface area (Å²) < 4.78 is 25.9. The number of rotatable bonds is 5. The van der Waals surface area contributed by atoms with Crippen LogP contribution in [-0.4, -0.2) is 24.5 Å². The number of carbonyl (C=O) groups is 2. The fourth-order valence-electron chi connectivity index (χ4n) is 1.77. The second kappa shape index (κ2) is 6.62. The van der Waals surface area contributed by atoms with Crippen molar-refractivity contribution in [3.05, 3.63) is 35.4 Å². The minimum atomic E-state index is -0.936. The third-order valence-corrected chi connectivity index (χ3v) is 3.18. The highest BCUT2D eigenvalue weighted by molar-refractivity contribution is 5.95. The Bertz CT molecular complexity index is 547. The van der Waals surface area contributed by atoms with Crippen LogP contribution in [-0.2, 0) is 4.79 Å². The Kier molecular flexibility index (Phi) is 4.85. The molecule has 3 N–H and O–H groups in total. The van der Waals surface area contributed by atoms with Gasteiger partial charge in [-0.1, -0.05) is 6.07 Å². The van der Waals surface area contributed by atoms with Crippen molar-refractivity contribution in [2.24, 2.45) is 0 Å². The predicted octanol–water partition coefficient (Wildman–Crippen LogP) is 1.60. The lowest BCUT2D eigenvalue weighted by molar-refractivity contribution is -0.119. The summed E-state index contributed by atoms with van der Waals surface area (Å²) in [6.07, 6.45) is 1.88. The lowest BCUT2D eigenvalue weighted by atomic mass is 10.1. The first-order valence-electron chi connectivity index (χ1n) is 6.74. The monoisotopic (exact) mass is 297 g/mol. The molecule has 0 unspecified atom stereocenters. The van der Waals surface area contributed by atoms with Crippen LogP contribution < -0.4 is 16.0 Å². The van der Waals surface area contributed by atoms with E-state index in [0.29, 0.717) is 5.56 Å². The van der Waals surface area contributed by atoms with Gasteiger partial charge in [-0.05, 0) is 37.5 Å². The van der Waals surface area contributed by atoms with Crippen molar-refractivity contribution >= 4 is 11.9 Å². The first-order valence-corrected chi connectivity index (χ1v) is 6.74. The summed E-state index contributed by atoms with van der Waals surface area (Å²) in [6, 6.07) is 2.86. The van der Waals surface area contributed by atoms with Gasteiger partial charge in [0.15, 0.2) is 11.6 Å². The zero-order valence-electron chi connectivity index (χ0n) is 11.6. The molecule has 21 heavy (non-hydrogen) atoms. The van der Waals surface area contributed by atoms with Gasteiger partial charge in [0.25, 0.3) is 0 Å². The lowest BCUT2D eigenvalue weighted by Gasteiger charge is -2.14. The van der Waals surface area contributed by atoms with Crippen molar-refractivity contribution < 1.29 is 18.4 Å². The fourth-order valence-corrected chi connectivity index (χ4v) is 1.77. The molecule has 1 aromatic rings. The zero-order chi connectivity index (χ0) is 15.4. The van der Waals surface area contributed by atoms with Gasteiger partial charge in [-0.3, -0.25) is 10.1 Å². The van der Waals surface area contributed by atoms with E-state index in [9.17, 15) is 18.4 Å². The molecule has 3 amide bonds. The molecule has 114 valence electrons. The lowest BCUT2D eigenvalue weighted by Crippen LogP contribution is -2.44. The van der Waals surface area contributed by atoms with Crippen LogP contribution in [0.1, 0.15) is 31.4 Å². The van der Waals surface area contributed by atoms with Crippen molar-refractivity contribution in [2.75, 3.05) is 6.54 Å². The Hall–Kier alpha value is -2.02. The fraction of sp³-hybridized carbons (Fsp3) is 0.429. The highest BCUT2D eigenvalue weighted by atomic mass is 19.2. The molecular formula is C14H17F2N3O2. The van der Waals surface area contributed by atoms with Gasteiger partial charge in [-0.2, -0.15) is 0 Å². The normalized spacial score (nSPS) is 15.4. The van der Waals surface area contributed by atoms with Gasteiger partial charge < -0.3 is 10.6 Å². The molecule has 0 radical (unpaired) electrons. The van der Waals surface area contributed by atoms with Crippen LogP contribution >= 0.6 is 0 Å². The summed E-state index contributed by atoms with van der Waals surface area (Å²) in [5, 5.41) is 7.66. The van der Waals surface area contributed by atoms with E-state index in [1.54, 1.807) is 6.92 Å². The van der Waals surface area contributed by atoms with E-state index in [2.05, 4.69) is 16.0 Å². The number of imide groups is 1. The molecular weight excluding hydrogens is 280 g/mol. The molecule has 2 rings (SSSR count). The average molecular weight is 297 g/mol. The van der Waals surface area contributed by atoms with Crippen molar-refractivity contribution in [3.8, 4) is 0 Å². The predicted molar refractivity (Wildman–Crippen MR) is 72.5 cm³/mol. The molecule has 0 spiro atoms. The van der Waals surface area contributed by atoms with Crippen LogP contribution in [0.25, 0.3) is 0 Å². The van der Waals surface area contributed by atoms with Crippen molar-refractivity contribution in [3.63, 3.8) is 0 Å². The molecule has 0 aliphatic heterocycles. The number of carbonyl (C=O) groups excluding carboxylic acids is 2.